The van der Waals surface area contributed by atoms with Gasteiger partial charge in [-0.05, 0) is 18.2 Å². The average Bonchev–Trinajstić information content (AvgIpc) is 3.01. The number of nitrogens with one attached hydrogen (secondary N) is 1. The monoisotopic (exact) mass is 298 g/mol. The van der Waals surface area contributed by atoms with E-state index in [1.165, 1.54) is 30.9 Å². The number of rotatable bonds is 4. The van der Waals surface area contributed by atoms with Gasteiger partial charge in [-0.15, -0.1) is 0 Å². The molecule has 0 spiro atoms. The van der Waals surface area contributed by atoms with E-state index in [-0.39, 0.29) is 17.5 Å². The Bertz CT molecular complexity index is 803. The minimum Gasteiger partial charge on any atom is -0.508 e. The lowest BCUT2D eigenvalue weighted by Gasteiger charge is -2.06. The molecule has 22 heavy (non-hydrogen) atoms. The van der Waals surface area contributed by atoms with Crippen LogP contribution in [-0.2, 0) is 0 Å². The van der Waals surface area contributed by atoms with Crippen molar-refractivity contribution in [2.75, 3.05) is 5.32 Å². The molecule has 0 bridgehead atoms. The number of phenolic OH excluding ortho intramolecular Hbond substituents is 1. The van der Waals surface area contributed by atoms with Gasteiger partial charge in [-0.2, -0.15) is 4.98 Å². The number of furan rings is 1. The molecule has 6 nitrogen and oxygen atoms in total. The maximum Gasteiger partial charge on any atom is 0.251 e. The standard InChI is InChI=1S/C15H11FN4O2/c16-13-8-18-15(17-7-10-4-5-22-9-10)20-14(13)19-11-2-1-3-12(21)6-11/h1-9,21H,(H,18,19,20)/b17-7+. The van der Waals surface area contributed by atoms with Crippen molar-refractivity contribution in [3.8, 4) is 5.75 Å². The first-order valence-corrected chi connectivity index (χ1v) is 6.35. The Morgan fingerprint density at radius 1 is 1.32 bits per heavy atom. The van der Waals surface area contributed by atoms with Crippen LogP contribution in [0.1, 0.15) is 5.56 Å². The first-order valence-electron chi connectivity index (χ1n) is 6.35. The molecule has 0 atom stereocenters. The van der Waals surface area contributed by atoms with Crippen LogP contribution >= 0.6 is 0 Å². The molecule has 0 fully saturated rings. The number of benzene rings is 1. The summed E-state index contributed by atoms with van der Waals surface area (Å²) in [7, 11) is 0. The number of hydrogen-bond donors (Lipinski definition) is 2. The zero-order valence-corrected chi connectivity index (χ0v) is 11.3. The van der Waals surface area contributed by atoms with E-state index in [9.17, 15) is 9.50 Å². The van der Waals surface area contributed by atoms with Crippen LogP contribution in [0.5, 0.6) is 5.75 Å². The van der Waals surface area contributed by atoms with Gasteiger partial charge in [0, 0.05) is 23.5 Å². The van der Waals surface area contributed by atoms with Crippen LogP contribution in [0.2, 0.25) is 0 Å². The Morgan fingerprint density at radius 2 is 2.23 bits per heavy atom. The molecular formula is C15H11FN4O2. The Morgan fingerprint density at radius 3 is 3.00 bits per heavy atom. The van der Waals surface area contributed by atoms with Crippen molar-refractivity contribution in [2.24, 2.45) is 4.99 Å². The first kappa shape index (κ1) is 13.7. The summed E-state index contributed by atoms with van der Waals surface area (Å²) in [5.41, 5.74) is 1.25. The molecule has 3 aromatic rings. The van der Waals surface area contributed by atoms with E-state index in [1.807, 2.05) is 0 Å². The lowest BCUT2D eigenvalue weighted by molar-refractivity contribution is 0.475. The van der Waals surface area contributed by atoms with Gasteiger partial charge in [0.2, 0.25) is 0 Å². The summed E-state index contributed by atoms with van der Waals surface area (Å²) < 4.78 is 18.7. The predicted molar refractivity (Wildman–Crippen MR) is 79.3 cm³/mol. The zero-order chi connectivity index (χ0) is 15.4. The molecule has 0 radical (unpaired) electrons. The third-order valence-corrected chi connectivity index (χ3v) is 2.71. The molecule has 0 aliphatic rings. The SMILES string of the molecule is Oc1cccc(Nc2nc(/N=C/c3ccoc3)ncc2F)c1. The molecule has 0 aliphatic carbocycles. The van der Waals surface area contributed by atoms with Crippen molar-refractivity contribution < 1.29 is 13.9 Å². The van der Waals surface area contributed by atoms with Crippen molar-refractivity contribution in [1.29, 1.82) is 0 Å². The summed E-state index contributed by atoms with van der Waals surface area (Å²) in [5.74, 6) is -0.478. The second-order valence-electron chi connectivity index (χ2n) is 4.36. The molecule has 110 valence electrons. The van der Waals surface area contributed by atoms with E-state index in [2.05, 4.69) is 20.3 Å². The van der Waals surface area contributed by atoms with Gasteiger partial charge >= 0.3 is 0 Å². The fraction of sp³-hybridized carbons (Fsp3) is 0. The Hall–Kier alpha value is -3.22. The average molecular weight is 298 g/mol. The second kappa shape index (κ2) is 6.04. The Labute approximate surface area is 125 Å². The van der Waals surface area contributed by atoms with Gasteiger partial charge in [-0.1, -0.05) is 6.07 Å². The van der Waals surface area contributed by atoms with Crippen molar-refractivity contribution in [1.82, 2.24) is 9.97 Å². The summed E-state index contributed by atoms with van der Waals surface area (Å²) >= 11 is 0. The molecule has 0 saturated heterocycles. The Balaban J connectivity index is 1.83. The van der Waals surface area contributed by atoms with E-state index < -0.39 is 5.82 Å². The molecular weight excluding hydrogens is 287 g/mol. The lowest BCUT2D eigenvalue weighted by atomic mass is 10.3. The van der Waals surface area contributed by atoms with Gasteiger partial charge in [0.05, 0.1) is 18.7 Å². The van der Waals surface area contributed by atoms with Crippen molar-refractivity contribution in [2.45, 2.75) is 0 Å². The highest BCUT2D eigenvalue weighted by molar-refractivity contribution is 5.80. The van der Waals surface area contributed by atoms with Crippen LogP contribution in [0.15, 0.2) is 58.5 Å². The molecule has 3 rings (SSSR count). The highest BCUT2D eigenvalue weighted by Crippen LogP contribution is 2.22. The van der Waals surface area contributed by atoms with Gasteiger partial charge in [-0.3, -0.25) is 0 Å². The zero-order valence-electron chi connectivity index (χ0n) is 11.3. The third kappa shape index (κ3) is 3.26. The maximum absolute atomic E-state index is 13.8. The van der Waals surface area contributed by atoms with Crippen molar-refractivity contribution in [3.05, 3.63) is 60.4 Å². The normalized spacial score (nSPS) is 11.0. The minimum absolute atomic E-state index is 0.0278. The van der Waals surface area contributed by atoms with E-state index in [1.54, 1.807) is 18.2 Å². The fourth-order valence-corrected chi connectivity index (χ4v) is 1.71. The van der Waals surface area contributed by atoms with Gasteiger partial charge < -0.3 is 14.8 Å². The van der Waals surface area contributed by atoms with E-state index >= 15 is 0 Å². The van der Waals surface area contributed by atoms with E-state index in [0.717, 1.165) is 11.8 Å². The molecule has 2 N–H and O–H groups in total. The molecule has 2 aromatic heterocycles. The summed E-state index contributed by atoms with van der Waals surface area (Å²) in [6.45, 7) is 0. The third-order valence-electron chi connectivity index (χ3n) is 2.71. The summed E-state index contributed by atoms with van der Waals surface area (Å²) in [5, 5.41) is 12.2. The van der Waals surface area contributed by atoms with E-state index in [0.29, 0.717) is 5.69 Å². The number of nitrogens with zero attached hydrogens (tertiary/aromatic N) is 3. The second-order valence-corrected chi connectivity index (χ2v) is 4.36. The van der Waals surface area contributed by atoms with Crippen LogP contribution in [-0.4, -0.2) is 21.3 Å². The lowest BCUT2D eigenvalue weighted by Crippen LogP contribution is -1.98. The summed E-state index contributed by atoms with van der Waals surface area (Å²) in [4.78, 5) is 11.8. The number of aliphatic imine (C=N–C) groups is 1. The molecule has 0 amide bonds. The van der Waals surface area contributed by atoms with Crippen molar-refractivity contribution >= 4 is 23.7 Å². The van der Waals surface area contributed by atoms with Gasteiger partial charge in [0.25, 0.3) is 5.95 Å². The summed E-state index contributed by atoms with van der Waals surface area (Å²) in [6, 6.07) is 8.00. The number of aromatic nitrogens is 2. The highest BCUT2D eigenvalue weighted by atomic mass is 19.1. The molecule has 1 aromatic carbocycles. The predicted octanol–water partition coefficient (Wildman–Crippen LogP) is 3.41. The molecule has 0 aliphatic heterocycles. The largest absolute Gasteiger partial charge is 0.508 e. The fourth-order valence-electron chi connectivity index (χ4n) is 1.71. The Kier molecular flexibility index (Phi) is 3.78. The topological polar surface area (TPSA) is 83.5 Å². The van der Waals surface area contributed by atoms with Crippen molar-refractivity contribution in [3.63, 3.8) is 0 Å². The van der Waals surface area contributed by atoms with Crippen LogP contribution in [0, 0.1) is 5.82 Å². The quantitative estimate of drug-likeness (QED) is 0.721. The van der Waals surface area contributed by atoms with Crippen LogP contribution in [0.25, 0.3) is 0 Å². The minimum atomic E-state index is -0.620. The number of hydrogen-bond acceptors (Lipinski definition) is 6. The number of aromatic hydroxyl groups is 1. The van der Waals surface area contributed by atoms with Gasteiger partial charge in [0.1, 0.15) is 5.75 Å². The van der Waals surface area contributed by atoms with Crippen LogP contribution in [0.3, 0.4) is 0 Å². The summed E-state index contributed by atoms with van der Waals surface area (Å²) in [6.07, 6.45) is 5.57. The molecule has 0 saturated carbocycles. The van der Waals surface area contributed by atoms with Crippen LogP contribution in [0.4, 0.5) is 21.8 Å². The first-order chi connectivity index (χ1) is 10.7. The number of anilines is 2. The van der Waals surface area contributed by atoms with Crippen LogP contribution < -0.4 is 5.32 Å². The van der Waals surface area contributed by atoms with E-state index in [4.69, 9.17) is 4.42 Å². The number of phenols is 1. The molecule has 0 unspecified atom stereocenters. The molecule has 2 heterocycles. The van der Waals surface area contributed by atoms with Gasteiger partial charge in [0.15, 0.2) is 11.6 Å². The molecule has 7 heteroatoms. The maximum atomic E-state index is 13.8. The number of halogens is 1. The highest BCUT2D eigenvalue weighted by Gasteiger charge is 2.07. The smallest absolute Gasteiger partial charge is 0.251 e. The van der Waals surface area contributed by atoms with Gasteiger partial charge in [-0.25, -0.2) is 14.4 Å².